The van der Waals surface area contributed by atoms with Crippen LogP contribution in [0.5, 0.6) is 0 Å². The van der Waals surface area contributed by atoms with E-state index < -0.39 is 12.1 Å². The monoisotopic (exact) mass is 352 g/mol. The van der Waals surface area contributed by atoms with Crippen LogP contribution in [0.4, 0.5) is 4.79 Å². The van der Waals surface area contributed by atoms with E-state index in [-0.39, 0.29) is 100 Å². The van der Waals surface area contributed by atoms with E-state index in [9.17, 15) is 0 Å². The van der Waals surface area contributed by atoms with Gasteiger partial charge in [-0.3, -0.25) is 4.79 Å². The maximum atomic E-state index is 9.00. The van der Waals surface area contributed by atoms with Crippen molar-refractivity contribution in [2.45, 2.75) is 6.92 Å². The zero-order chi connectivity index (χ0) is 7.15. The molecule has 0 fully saturated rings. The molecular weight excluding hydrogens is 341 g/mol. The summed E-state index contributed by atoms with van der Waals surface area (Å²) in [6.45, 7) is 1.08. The number of hydrogen-bond acceptors (Lipinski definition) is 2. The van der Waals surface area contributed by atoms with Gasteiger partial charge in [-0.25, -0.2) is 4.79 Å². The predicted molar refractivity (Wildman–Crippen MR) is 39.9 cm³/mol. The van der Waals surface area contributed by atoms with Gasteiger partial charge in [0.05, 0.1) is 0 Å². The maximum absolute atomic E-state index is 9.00. The van der Waals surface area contributed by atoms with Crippen molar-refractivity contribution >= 4 is 106 Å². The van der Waals surface area contributed by atoms with Gasteiger partial charge in [0.25, 0.3) is 5.97 Å². The normalized spacial score (nSPS) is 4.90. The summed E-state index contributed by atoms with van der Waals surface area (Å²) in [7, 11) is 0. The molecule has 5 nitrogen and oxygen atoms in total. The van der Waals surface area contributed by atoms with E-state index >= 15 is 0 Å². The van der Waals surface area contributed by atoms with Crippen LogP contribution < -0.4 is 0 Å². The van der Waals surface area contributed by atoms with Crippen LogP contribution in [0, 0.1) is 0 Å². The second kappa shape index (κ2) is 17.0. The molecule has 0 bridgehead atoms. The Bertz CT molecular complexity index is 87.0. The third kappa shape index (κ3) is 236. The molecule has 3 N–H and O–H groups in total. The zero-order valence-corrected chi connectivity index (χ0v) is 13.5. The predicted octanol–water partition coefficient (Wildman–Crippen LogP) is 0.00170. The third-order valence-corrected chi connectivity index (χ3v) is 0. The summed E-state index contributed by atoms with van der Waals surface area (Å²) in [5.74, 6) is -0.833. The van der Waals surface area contributed by atoms with Gasteiger partial charge < -0.3 is 21.0 Å². The van der Waals surface area contributed by atoms with Crippen LogP contribution in [0.1, 0.15) is 12.6 Å². The molecule has 0 atom stereocenters. The molecule has 0 aromatic rings. The minimum atomic E-state index is -1.83. The van der Waals surface area contributed by atoms with Crippen molar-refractivity contribution in [2.75, 3.05) is 0 Å². The average Bonchev–Trinajstić information content (AvgIpc) is 1.25. The molecule has 0 spiro atoms. The van der Waals surface area contributed by atoms with Gasteiger partial charge in [-0.05, 0) is 0 Å². The molecule has 0 aliphatic carbocycles. The summed E-state index contributed by atoms with van der Waals surface area (Å²) in [5.41, 5.74) is 0. The molecular formula is C3H10BaO5Sr. The summed E-state index contributed by atoms with van der Waals surface area (Å²) in [5, 5.41) is 21.4. The van der Waals surface area contributed by atoms with Crippen molar-refractivity contribution in [3.05, 3.63) is 0 Å². The molecule has 0 saturated carbocycles. The second-order valence-corrected chi connectivity index (χ2v) is 0.802. The number of hydrogen-bond donors (Lipinski definition) is 3. The Morgan fingerprint density at radius 2 is 1.20 bits per heavy atom. The molecule has 7 heteroatoms. The molecule has 0 aromatic carbocycles. The first-order valence-electron chi connectivity index (χ1n) is 1.58. The van der Waals surface area contributed by atoms with E-state index in [2.05, 4.69) is 0 Å². The molecule has 0 aromatic heterocycles. The van der Waals surface area contributed by atoms with E-state index in [4.69, 9.17) is 24.9 Å². The van der Waals surface area contributed by atoms with Crippen LogP contribution >= 0.6 is 0 Å². The summed E-state index contributed by atoms with van der Waals surface area (Å²) in [6.07, 6.45) is -1.83. The Morgan fingerprint density at radius 1 is 1.20 bits per heavy atom. The van der Waals surface area contributed by atoms with Gasteiger partial charge in [0, 0.05) is 6.92 Å². The first kappa shape index (κ1) is 22.6. The molecule has 10 heavy (non-hydrogen) atoms. The fourth-order valence-corrected chi connectivity index (χ4v) is 0. The standard InChI is InChI=1S/C2H4O2.CH2O3.Ba.Sr.4H/c1-2(3)4;2-1(3)4;;;;;;/h1H3,(H,3,4);(H2,2,3,4);;;;;;/q;;2*+2;4*-1. The number of rotatable bonds is 0. The molecule has 0 aliphatic rings. The molecule has 0 radical (unpaired) electrons. The average molecular weight is 351 g/mol. The zero-order valence-electron chi connectivity index (χ0n) is 9.57. The SMILES string of the molecule is CC(=O)O.O=C(O)O.[Ba+2].[H-].[H-].[H-].[H-].[Sr+2]. The Balaban J connectivity index is -0.00000000600. The summed E-state index contributed by atoms with van der Waals surface area (Å²) < 4.78 is 0. The van der Waals surface area contributed by atoms with Crippen molar-refractivity contribution in [3.8, 4) is 0 Å². The van der Waals surface area contributed by atoms with Crippen LogP contribution in [0.25, 0.3) is 0 Å². The summed E-state index contributed by atoms with van der Waals surface area (Å²) in [4.78, 5) is 17.6. The van der Waals surface area contributed by atoms with Crippen molar-refractivity contribution in [1.29, 1.82) is 0 Å². The first-order chi connectivity index (χ1) is 3.46. The Labute approximate surface area is 141 Å². The number of carbonyl (C=O) groups is 2. The first-order valence-corrected chi connectivity index (χ1v) is 1.58. The van der Waals surface area contributed by atoms with Gasteiger partial charge in [-0.2, -0.15) is 0 Å². The molecule has 0 unspecified atom stereocenters. The van der Waals surface area contributed by atoms with E-state index in [0.717, 1.165) is 6.92 Å². The van der Waals surface area contributed by atoms with Gasteiger partial charge in [0.15, 0.2) is 0 Å². The third-order valence-electron chi connectivity index (χ3n) is 0. The van der Waals surface area contributed by atoms with Crippen molar-refractivity contribution < 1.29 is 30.6 Å². The van der Waals surface area contributed by atoms with Crippen LogP contribution in [0.2, 0.25) is 0 Å². The molecule has 0 saturated heterocycles. The van der Waals surface area contributed by atoms with Crippen LogP contribution in [-0.4, -0.2) is 122 Å². The van der Waals surface area contributed by atoms with Crippen LogP contribution in [-0.2, 0) is 4.79 Å². The Morgan fingerprint density at radius 3 is 1.20 bits per heavy atom. The molecule has 56 valence electrons. The number of aliphatic carboxylic acids is 1. The van der Waals surface area contributed by atoms with E-state index in [1.807, 2.05) is 0 Å². The molecule has 0 heterocycles. The fourth-order valence-electron chi connectivity index (χ4n) is 0. The maximum Gasteiger partial charge on any atom is 2.00 e. The second-order valence-electron chi connectivity index (χ2n) is 0.802. The molecule has 0 amide bonds. The van der Waals surface area contributed by atoms with Crippen LogP contribution in [0.15, 0.2) is 0 Å². The Kier molecular flexibility index (Phi) is 38.6. The quantitative estimate of drug-likeness (QED) is 0.534. The van der Waals surface area contributed by atoms with Crippen molar-refractivity contribution in [2.24, 2.45) is 0 Å². The minimum Gasteiger partial charge on any atom is -1.00 e. The summed E-state index contributed by atoms with van der Waals surface area (Å²) in [6, 6.07) is 0. The summed E-state index contributed by atoms with van der Waals surface area (Å²) >= 11 is 0. The van der Waals surface area contributed by atoms with Gasteiger partial charge >= 0.3 is 101 Å². The van der Waals surface area contributed by atoms with E-state index in [1.54, 1.807) is 0 Å². The minimum absolute atomic E-state index is 0. The number of carboxylic acid groups (broad SMARTS) is 3. The fraction of sp³-hybridized carbons (Fsp3) is 0.333. The van der Waals surface area contributed by atoms with Gasteiger partial charge in [-0.15, -0.1) is 0 Å². The topological polar surface area (TPSA) is 94.8 Å². The van der Waals surface area contributed by atoms with Crippen LogP contribution in [0.3, 0.4) is 0 Å². The van der Waals surface area contributed by atoms with Gasteiger partial charge in [0.2, 0.25) is 0 Å². The van der Waals surface area contributed by atoms with Gasteiger partial charge in [-0.1, -0.05) is 0 Å². The molecule has 0 rings (SSSR count). The molecule has 0 aliphatic heterocycles. The Hall–Kier alpha value is 1.79. The van der Waals surface area contributed by atoms with Crippen molar-refractivity contribution in [3.63, 3.8) is 0 Å². The smallest absolute Gasteiger partial charge is 1.00 e. The number of carboxylic acids is 1. The van der Waals surface area contributed by atoms with E-state index in [0.29, 0.717) is 0 Å². The van der Waals surface area contributed by atoms with E-state index in [1.165, 1.54) is 0 Å². The largest absolute Gasteiger partial charge is 2.00 e. The van der Waals surface area contributed by atoms with Crippen molar-refractivity contribution in [1.82, 2.24) is 0 Å². The van der Waals surface area contributed by atoms with Gasteiger partial charge in [0.1, 0.15) is 0 Å².